The lowest BCUT2D eigenvalue weighted by Gasteiger charge is -2.34. The first-order valence-electron chi connectivity index (χ1n) is 6.97. The molecule has 1 aromatic carbocycles. The molecule has 0 N–H and O–H groups in total. The van der Waals surface area contributed by atoms with Crippen molar-refractivity contribution in [3.63, 3.8) is 0 Å². The molecule has 7 heteroatoms. The van der Waals surface area contributed by atoms with Crippen LogP contribution in [0.3, 0.4) is 0 Å². The van der Waals surface area contributed by atoms with Crippen LogP contribution in [0.5, 0.6) is 0 Å². The Morgan fingerprint density at radius 1 is 1.38 bits per heavy atom. The average molecular weight is 354 g/mol. The molecule has 1 fully saturated rings. The van der Waals surface area contributed by atoms with Crippen LogP contribution >= 0.6 is 23.2 Å². The first-order chi connectivity index (χ1) is 9.91. The highest BCUT2D eigenvalue weighted by molar-refractivity contribution is 7.89. The molecule has 1 atom stereocenters. The van der Waals surface area contributed by atoms with Crippen molar-refractivity contribution in [3.05, 3.63) is 28.5 Å². The minimum absolute atomic E-state index is 0.0819. The van der Waals surface area contributed by atoms with Gasteiger partial charge < -0.3 is 0 Å². The summed E-state index contributed by atoms with van der Waals surface area (Å²) < 4.78 is 41.4. The van der Waals surface area contributed by atoms with E-state index in [0.29, 0.717) is 13.0 Å². The van der Waals surface area contributed by atoms with E-state index in [1.807, 2.05) is 6.92 Å². The monoisotopic (exact) mass is 353 g/mol. The molecule has 0 aromatic heterocycles. The Labute approximate surface area is 135 Å². The third-order valence-corrected chi connectivity index (χ3v) is 6.31. The van der Waals surface area contributed by atoms with E-state index in [2.05, 4.69) is 0 Å². The van der Waals surface area contributed by atoms with E-state index in [1.165, 1.54) is 16.4 Å². The molecule has 1 aliphatic heterocycles. The van der Waals surface area contributed by atoms with Crippen LogP contribution in [0, 0.1) is 5.82 Å². The van der Waals surface area contributed by atoms with Gasteiger partial charge >= 0.3 is 0 Å². The molecular weight excluding hydrogens is 336 g/mol. The van der Waals surface area contributed by atoms with Crippen LogP contribution in [0.25, 0.3) is 0 Å². The van der Waals surface area contributed by atoms with E-state index in [4.69, 9.17) is 23.2 Å². The number of rotatable bonds is 4. The van der Waals surface area contributed by atoms with E-state index in [-0.39, 0.29) is 27.4 Å². The number of hydrogen-bond donors (Lipinski definition) is 0. The zero-order valence-corrected chi connectivity index (χ0v) is 14.1. The van der Waals surface area contributed by atoms with Gasteiger partial charge in [0.05, 0.1) is 5.88 Å². The van der Waals surface area contributed by atoms with Crippen molar-refractivity contribution in [3.8, 4) is 0 Å². The highest BCUT2D eigenvalue weighted by Crippen LogP contribution is 2.31. The topological polar surface area (TPSA) is 37.4 Å². The zero-order chi connectivity index (χ0) is 15.6. The molecule has 0 saturated carbocycles. The normalized spacial score (nSPS) is 20.7. The molecule has 0 bridgehead atoms. The molecule has 3 nitrogen and oxygen atoms in total. The minimum atomic E-state index is -3.89. The summed E-state index contributed by atoms with van der Waals surface area (Å²) in [6.45, 7) is 2.36. The lowest BCUT2D eigenvalue weighted by atomic mass is 10.0. The van der Waals surface area contributed by atoms with Crippen molar-refractivity contribution in [2.45, 2.75) is 49.4 Å². The Balaban J connectivity index is 2.50. The van der Waals surface area contributed by atoms with Gasteiger partial charge in [0.2, 0.25) is 10.0 Å². The van der Waals surface area contributed by atoms with Crippen LogP contribution in [0.15, 0.2) is 17.0 Å². The number of halogens is 3. The molecule has 0 aliphatic carbocycles. The number of benzene rings is 1. The number of hydrogen-bond acceptors (Lipinski definition) is 2. The van der Waals surface area contributed by atoms with Gasteiger partial charge in [0.25, 0.3) is 0 Å². The van der Waals surface area contributed by atoms with Crippen LogP contribution < -0.4 is 0 Å². The van der Waals surface area contributed by atoms with Crippen LogP contribution in [0.4, 0.5) is 4.39 Å². The lowest BCUT2D eigenvalue weighted by Crippen LogP contribution is -2.43. The molecule has 0 spiro atoms. The first kappa shape index (κ1) is 17.0. The predicted molar refractivity (Wildman–Crippen MR) is 82.8 cm³/mol. The highest BCUT2D eigenvalue weighted by atomic mass is 35.5. The first-order valence-corrected chi connectivity index (χ1v) is 9.32. The van der Waals surface area contributed by atoms with Gasteiger partial charge in [-0.2, -0.15) is 4.31 Å². The van der Waals surface area contributed by atoms with Crippen molar-refractivity contribution >= 4 is 33.2 Å². The molecule has 0 radical (unpaired) electrons. The Kier molecular flexibility index (Phi) is 5.52. The summed E-state index contributed by atoms with van der Waals surface area (Å²) in [7, 11) is -3.89. The maximum absolute atomic E-state index is 14.4. The van der Waals surface area contributed by atoms with Gasteiger partial charge in [-0.25, -0.2) is 12.8 Å². The summed E-state index contributed by atoms with van der Waals surface area (Å²) in [5.41, 5.74) is 0.104. The van der Waals surface area contributed by atoms with Crippen LogP contribution in [-0.2, 0) is 15.9 Å². The smallest absolute Gasteiger partial charge is 0.207 e. The summed E-state index contributed by atoms with van der Waals surface area (Å²) in [6.07, 6.45) is 3.31. The van der Waals surface area contributed by atoms with Gasteiger partial charge in [-0.3, -0.25) is 0 Å². The fraction of sp³-hybridized carbons (Fsp3) is 0.571. The molecule has 118 valence electrons. The van der Waals surface area contributed by atoms with Gasteiger partial charge in [0.1, 0.15) is 10.7 Å². The molecule has 2 rings (SSSR count). The van der Waals surface area contributed by atoms with Gasteiger partial charge in [-0.15, -0.1) is 11.6 Å². The largest absolute Gasteiger partial charge is 0.246 e. The van der Waals surface area contributed by atoms with Crippen molar-refractivity contribution in [1.82, 2.24) is 4.31 Å². The summed E-state index contributed by atoms with van der Waals surface area (Å²) in [4.78, 5) is -0.369. The minimum Gasteiger partial charge on any atom is -0.207 e. The van der Waals surface area contributed by atoms with Crippen molar-refractivity contribution in [2.75, 3.05) is 6.54 Å². The van der Waals surface area contributed by atoms with Crippen molar-refractivity contribution in [2.24, 2.45) is 0 Å². The molecule has 21 heavy (non-hydrogen) atoms. The predicted octanol–water partition coefficient (Wildman–Crippen LogP) is 4.17. The highest BCUT2D eigenvalue weighted by Gasteiger charge is 2.35. The van der Waals surface area contributed by atoms with Crippen LogP contribution in [0.1, 0.15) is 38.2 Å². The summed E-state index contributed by atoms with van der Waals surface area (Å²) >= 11 is 11.6. The van der Waals surface area contributed by atoms with Gasteiger partial charge in [-0.05, 0) is 31.4 Å². The van der Waals surface area contributed by atoms with Crippen LogP contribution in [0.2, 0.25) is 5.02 Å². The Bertz CT molecular complexity index is 622. The van der Waals surface area contributed by atoms with Crippen LogP contribution in [-0.4, -0.2) is 25.3 Å². The Morgan fingerprint density at radius 3 is 2.71 bits per heavy atom. The van der Waals surface area contributed by atoms with E-state index >= 15 is 0 Å². The number of alkyl halides is 1. The summed E-state index contributed by atoms with van der Waals surface area (Å²) in [5.74, 6) is -0.915. The number of sulfonamides is 1. The second-order valence-electron chi connectivity index (χ2n) is 5.18. The molecule has 1 aromatic rings. The molecule has 1 saturated heterocycles. The van der Waals surface area contributed by atoms with Crippen molar-refractivity contribution in [1.29, 1.82) is 0 Å². The second-order valence-corrected chi connectivity index (χ2v) is 7.75. The third kappa shape index (κ3) is 3.36. The second kappa shape index (κ2) is 6.82. The van der Waals surface area contributed by atoms with Gasteiger partial charge in [-0.1, -0.05) is 24.9 Å². The van der Waals surface area contributed by atoms with Gasteiger partial charge in [0, 0.05) is 23.2 Å². The van der Waals surface area contributed by atoms with Gasteiger partial charge in [0.15, 0.2) is 0 Å². The van der Waals surface area contributed by atoms with E-state index in [9.17, 15) is 12.8 Å². The third-order valence-electron chi connectivity index (χ3n) is 3.85. The van der Waals surface area contributed by atoms with Crippen molar-refractivity contribution < 1.29 is 12.8 Å². The molecule has 1 unspecified atom stereocenters. The quantitative estimate of drug-likeness (QED) is 0.761. The lowest BCUT2D eigenvalue weighted by molar-refractivity contribution is 0.246. The number of piperidine rings is 1. The zero-order valence-electron chi connectivity index (χ0n) is 11.8. The summed E-state index contributed by atoms with van der Waals surface area (Å²) in [6, 6.07) is 2.45. The maximum atomic E-state index is 14.4. The fourth-order valence-electron chi connectivity index (χ4n) is 2.73. The van der Waals surface area contributed by atoms with E-state index in [0.717, 1.165) is 19.3 Å². The summed E-state index contributed by atoms with van der Waals surface area (Å²) in [5, 5.41) is 0.177. The Hall–Kier alpha value is -0.360. The maximum Gasteiger partial charge on any atom is 0.246 e. The molecule has 1 heterocycles. The van der Waals surface area contributed by atoms with E-state index in [1.54, 1.807) is 0 Å². The molecule has 0 amide bonds. The Morgan fingerprint density at radius 2 is 2.10 bits per heavy atom. The average Bonchev–Trinajstić information content (AvgIpc) is 2.48. The van der Waals surface area contributed by atoms with E-state index < -0.39 is 15.8 Å². The SMILES string of the molecule is CCC1CCCCN1S(=O)(=O)c1cc(Cl)cc(CCl)c1F. The number of nitrogens with zero attached hydrogens (tertiary/aromatic N) is 1. The molecular formula is C14H18Cl2FNO2S. The standard InChI is InChI=1S/C14H18Cl2FNO2S/c1-2-12-5-3-4-6-18(12)21(19,20)13-8-11(16)7-10(9-15)14(13)17/h7-8,12H,2-6,9H2,1H3. The fourth-order valence-corrected chi connectivity index (χ4v) is 5.13. The molecule has 1 aliphatic rings.